The van der Waals surface area contributed by atoms with Crippen LogP contribution < -0.4 is 21.3 Å². The lowest BCUT2D eigenvalue weighted by Gasteiger charge is -2.42. The first kappa shape index (κ1) is 47.0. The van der Waals surface area contributed by atoms with Gasteiger partial charge in [0.15, 0.2) is 0 Å². The van der Waals surface area contributed by atoms with E-state index in [1.54, 1.807) is 12.4 Å². The molecule has 6 aromatic rings. The molecule has 10 atom stereocenters. The van der Waals surface area contributed by atoms with Gasteiger partial charge in [0.2, 0.25) is 11.8 Å². The summed E-state index contributed by atoms with van der Waals surface area (Å²) < 4.78 is 0. The Balaban J connectivity index is 0.000000156. The van der Waals surface area contributed by atoms with Crippen molar-refractivity contribution in [3.05, 3.63) is 192 Å². The summed E-state index contributed by atoms with van der Waals surface area (Å²) in [6.45, 7) is 1.47. The summed E-state index contributed by atoms with van der Waals surface area (Å²) in [5.74, 6) is 0.340. The average Bonchev–Trinajstić information content (AvgIpc) is 4.11. The number of carbonyl (C=O) groups is 4. The number of aromatic nitrogens is 2. The van der Waals surface area contributed by atoms with Crippen LogP contribution in [-0.2, 0) is 9.59 Å². The molecule has 2 aromatic heterocycles. The molecule has 2 aliphatic carbocycles. The van der Waals surface area contributed by atoms with Gasteiger partial charge in [0.1, 0.15) is 0 Å². The number of amides is 4. The zero-order valence-corrected chi connectivity index (χ0v) is 40.7. The Labute approximate surface area is 422 Å². The molecule has 0 unspecified atom stereocenters. The summed E-state index contributed by atoms with van der Waals surface area (Å²) in [5, 5.41) is 13.9. The van der Waals surface area contributed by atoms with Crippen LogP contribution in [0.3, 0.4) is 0 Å². The van der Waals surface area contributed by atoms with Crippen LogP contribution in [0.1, 0.15) is 131 Å². The van der Waals surface area contributed by atoms with Crippen LogP contribution in [0.25, 0.3) is 0 Å². The predicted octanol–water partition coefficient (Wildman–Crippen LogP) is 10.3. The molecule has 4 aliphatic heterocycles. The van der Waals surface area contributed by atoms with Gasteiger partial charge in [-0.25, -0.2) is 0 Å². The van der Waals surface area contributed by atoms with Gasteiger partial charge in [-0.05, 0) is 109 Å². The van der Waals surface area contributed by atoms with Crippen molar-refractivity contribution in [2.75, 3.05) is 23.7 Å². The van der Waals surface area contributed by atoms with E-state index in [2.05, 4.69) is 89.6 Å². The van der Waals surface area contributed by atoms with E-state index >= 15 is 0 Å². The number of nitrogens with one attached hydrogen (secondary N) is 4. The molecule has 2 saturated heterocycles. The average molecular weight is 961 g/mol. The second-order valence-electron chi connectivity index (χ2n) is 20.5. The summed E-state index contributed by atoms with van der Waals surface area (Å²) in [6, 6.07) is 43.5. The van der Waals surface area contributed by atoms with E-state index in [1.165, 1.54) is 11.1 Å². The maximum Gasteiger partial charge on any atom is 0.251 e. The molecular formula is C60H64N8O4. The number of anilines is 2. The van der Waals surface area contributed by atoms with Crippen molar-refractivity contribution in [3.63, 3.8) is 0 Å². The van der Waals surface area contributed by atoms with Crippen LogP contribution in [0.4, 0.5) is 11.4 Å². The zero-order valence-electron chi connectivity index (χ0n) is 40.7. The minimum Gasteiger partial charge on any atom is -0.378 e. The molecular weight excluding hydrogens is 897 g/mol. The van der Waals surface area contributed by atoms with Crippen LogP contribution in [0.2, 0.25) is 0 Å². The molecule has 368 valence electrons. The first-order valence-electron chi connectivity index (χ1n) is 26.2. The highest BCUT2D eigenvalue weighted by Crippen LogP contribution is 2.53. The number of nitrogens with zero attached hydrogens (tertiary/aromatic N) is 4. The van der Waals surface area contributed by atoms with Crippen LogP contribution in [0.5, 0.6) is 0 Å². The summed E-state index contributed by atoms with van der Waals surface area (Å²) >= 11 is 0. The van der Waals surface area contributed by atoms with Gasteiger partial charge >= 0.3 is 0 Å². The zero-order chi connectivity index (χ0) is 49.0. The highest BCUT2D eigenvalue weighted by molar-refractivity contribution is 5.95. The summed E-state index contributed by atoms with van der Waals surface area (Å²) in [6.07, 6.45) is 16.8. The number of pyridine rings is 2. The largest absolute Gasteiger partial charge is 0.378 e. The smallest absolute Gasteiger partial charge is 0.251 e. The van der Waals surface area contributed by atoms with E-state index in [1.807, 2.05) is 97.3 Å². The summed E-state index contributed by atoms with van der Waals surface area (Å²) in [7, 11) is 0. The van der Waals surface area contributed by atoms with Gasteiger partial charge in [-0.3, -0.25) is 29.1 Å². The minimum atomic E-state index is -0.191. The van der Waals surface area contributed by atoms with Gasteiger partial charge in [0, 0.05) is 84.3 Å². The highest BCUT2D eigenvalue weighted by Gasteiger charge is 2.50. The van der Waals surface area contributed by atoms with Crippen LogP contribution >= 0.6 is 0 Å². The molecule has 0 spiro atoms. The van der Waals surface area contributed by atoms with Gasteiger partial charge in [0.05, 0.1) is 36.0 Å². The Morgan fingerprint density at radius 1 is 0.458 bits per heavy atom. The van der Waals surface area contributed by atoms with Gasteiger partial charge in [-0.15, -0.1) is 0 Å². The number of likely N-dealkylation sites (tertiary alicyclic amines) is 2. The molecule has 12 rings (SSSR count). The fraction of sp³-hybridized carbons (Fsp3) is 0.367. The third kappa shape index (κ3) is 9.46. The highest BCUT2D eigenvalue weighted by atomic mass is 16.2. The topological polar surface area (TPSA) is 149 Å². The van der Waals surface area contributed by atoms with E-state index in [4.69, 9.17) is 0 Å². The number of hydrogen-bond acceptors (Lipinski definition) is 8. The molecule has 4 N–H and O–H groups in total. The van der Waals surface area contributed by atoms with Crippen molar-refractivity contribution >= 4 is 35.0 Å². The van der Waals surface area contributed by atoms with Crippen molar-refractivity contribution in [2.45, 2.75) is 100 Å². The van der Waals surface area contributed by atoms with Crippen LogP contribution in [0.15, 0.2) is 158 Å². The molecule has 0 radical (unpaired) electrons. The minimum absolute atomic E-state index is 0.0209. The molecule has 6 heterocycles. The Hall–Kier alpha value is -7.34. The Kier molecular flexibility index (Phi) is 13.8. The van der Waals surface area contributed by atoms with Gasteiger partial charge in [-0.1, -0.05) is 111 Å². The molecule has 2 saturated carbocycles. The summed E-state index contributed by atoms with van der Waals surface area (Å²) in [4.78, 5) is 67.2. The number of hydrogen-bond donors (Lipinski definition) is 4. The lowest BCUT2D eigenvalue weighted by Crippen LogP contribution is -2.50. The van der Waals surface area contributed by atoms with Gasteiger partial charge in [-0.2, -0.15) is 0 Å². The number of fused-ring (bicyclic) bond motifs is 6. The molecule has 12 heteroatoms. The van der Waals surface area contributed by atoms with Crippen LogP contribution in [0, 0.1) is 23.7 Å². The van der Waals surface area contributed by atoms with Gasteiger partial charge in [0.25, 0.3) is 11.8 Å². The standard InChI is InChI=1S/2C30H32N4O2/c2*35-29(20-9-2-1-3-10-20)33-26-15-7-5-13-23(26)30(36)34-18-16-24-27(21-11-8-17-31-19-21)32-25-14-6-4-12-22(25)28(24)34/h2*1-4,6,8-12,14,17,19,23-24,26-28,32H,5,7,13,15-16,18H2,(H,33,35)/t23-,24+,26+,27-,28-;23-,24-,26+,27+,28+/m00/s1. The number of rotatable bonds is 8. The van der Waals surface area contributed by atoms with Crippen molar-refractivity contribution in [1.29, 1.82) is 0 Å². The number of carbonyl (C=O) groups excluding carboxylic acids is 4. The Bertz CT molecular complexity index is 2660. The van der Waals surface area contributed by atoms with E-state index in [0.717, 1.165) is 99.8 Å². The second kappa shape index (κ2) is 21.2. The third-order valence-electron chi connectivity index (χ3n) is 16.5. The van der Waals surface area contributed by atoms with Crippen molar-refractivity contribution in [2.24, 2.45) is 23.7 Å². The van der Waals surface area contributed by atoms with E-state index < -0.39 is 0 Å². The van der Waals surface area contributed by atoms with Gasteiger partial charge < -0.3 is 31.1 Å². The first-order chi connectivity index (χ1) is 35.4. The summed E-state index contributed by atoms with van der Waals surface area (Å²) in [5.41, 5.74) is 8.14. The van der Waals surface area contributed by atoms with Crippen molar-refractivity contribution < 1.29 is 19.2 Å². The lowest BCUT2D eigenvalue weighted by atomic mass is 9.79. The maximum absolute atomic E-state index is 14.2. The first-order valence-corrected chi connectivity index (χ1v) is 26.2. The van der Waals surface area contributed by atoms with E-state index in [0.29, 0.717) is 11.1 Å². The molecule has 4 aromatic carbocycles. The third-order valence-corrected chi connectivity index (χ3v) is 16.5. The SMILES string of the molecule is O=C(N[C@@H]1CCCC[C@@H]1C(=O)N1CC[C@@H]2[C@H](c3cccnc3)Nc3ccccc3[C@@H]21)c1ccccc1.O=C(N[C@@H]1CCCC[C@@H]1C(=O)N1CC[C@H]2[C@@H](c3cccnc3)Nc3ccccc3[C@H]21)c1ccccc1. The second-order valence-corrected chi connectivity index (χ2v) is 20.5. The van der Waals surface area contributed by atoms with E-state index in [9.17, 15) is 19.2 Å². The molecule has 4 amide bonds. The lowest BCUT2D eigenvalue weighted by molar-refractivity contribution is -0.139. The fourth-order valence-corrected chi connectivity index (χ4v) is 13.0. The maximum atomic E-state index is 14.2. The molecule has 4 fully saturated rings. The number of benzene rings is 4. The fourth-order valence-electron chi connectivity index (χ4n) is 13.0. The molecule has 12 nitrogen and oxygen atoms in total. The normalized spacial score (nSPS) is 26.9. The van der Waals surface area contributed by atoms with Crippen molar-refractivity contribution in [1.82, 2.24) is 30.4 Å². The Morgan fingerprint density at radius 2 is 0.861 bits per heavy atom. The van der Waals surface area contributed by atoms with Crippen molar-refractivity contribution in [3.8, 4) is 0 Å². The van der Waals surface area contributed by atoms with E-state index in [-0.39, 0.29) is 83.6 Å². The number of para-hydroxylation sites is 2. The monoisotopic (exact) mass is 961 g/mol. The molecule has 6 aliphatic rings. The quantitative estimate of drug-likeness (QED) is 0.118. The Morgan fingerprint density at radius 3 is 1.28 bits per heavy atom. The van der Waals surface area contributed by atoms with Crippen LogP contribution in [-0.4, -0.2) is 68.6 Å². The predicted molar refractivity (Wildman–Crippen MR) is 279 cm³/mol. The molecule has 72 heavy (non-hydrogen) atoms. The molecule has 0 bridgehead atoms.